The van der Waals surface area contributed by atoms with Gasteiger partial charge in [-0.3, -0.25) is 0 Å². The average molecular weight is 349 g/mol. The van der Waals surface area contributed by atoms with E-state index < -0.39 is 0 Å². The Morgan fingerprint density at radius 2 is 1.44 bits per heavy atom. The molecule has 0 saturated carbocycles. The van der Waals surface area contributed by atoms with Crippen LogP contribution in [0.2, 0.25) is 0 Å². The van der Waals surface area contributed by atoms with Crippen LogP contribution in [0.4, 0.5) is 5.69 Å². The quantitative estimate of drug-likeness (QED) is 0.380. The van der Waals surface area contributed by atoms with Crippen LogP contribution >= 0.6 is 0 Å². The number of nitrogens with two attached hydrogens (primary N) is 1. The summed E-state index contributed by atoms with van der Waals surface area (Å²) in [5, 5.41) is 2.64. The Morgan fingerprint density at radius 1 is 0.704 bits per heavy atom. The molecule has 4 aromatic rings. The highest BCUT2D eigenvalue weighted by Gasteiger charge is 2.37. The van der Waals surface area contributed by atoms with Crippen LogP contribution in [0, 0.1) is 6.92 Å². The van der Waals surface area contributed by atoms with Gasteiger partial charge in [0.15, 0.2) is 0 Å². The Hall–Kier alpha value is -3.06. The van der Waals surface area contributed by atoms with Crippen molar-refractivity contribution >= 4 is 16.5 Å². The van der Waals surface area contributed by atoms with Gasteiger partial charge in [0.2, 0.25) is 0 Å². The third-order valence-electron chi connectivity index (χ3n) is 6.14. The van der Waals surface area contributed by atoms with Gasteiger partial charge in [-0.1, -0.05) is 74.5 Å². The molecular weight excluding hydrogens is 326 g/mol. The predicted octanol–water partition coefficient (Wildman–Crippen LogP) is 6.70. The monoisotopic (exact) mass is 349 g/mol. The number of hydrogen-bond donors (Lipinski definition) is 1. The number of hydrogen-bond acceptors (Lipinski definition) is 1. The molecule has 0 bridgehead atoms. The zero-order valence-corrected chi connectivity index (χ0v) is 16.0. The fraction of sp³-hybridized carbons (Fsp3) is 0.154. The summed E-state index contributed by atoms with van der Waals surface area (Å²) in [4.78, 5) is 0. The van der Waals surface area contributed by atoms with Gasteiger partial charge in [-0.15, -0.1) is 0 Å². The minimum Gasteiger partial charge on any atom is -0.398 e. The maximum atomic E-state index is 6.56. The molecule has 0 radical (unpaired) electrons. The summed E-state index contributed by atoms with van der Waals surface area (Å²) < 4.78 is 0. The molecule has 1 aliphatic rings. The highest BCUT2D eigenvalue weighted by molar-refractivity contribution is 5.99. The number of benzene rings is 4. The molecule has 0 heterocycles. The van der Waals surface area contributed by atoms with Crippen molar-refractivity contribution in [1.82, 2.24) is 0 Å². The third kappa shape index (κ3) is 2.18. The van der Waals surface area contributed by atoms with Gasteiger partial charge in [0.25, 0.3) is 0 Å². The lowest BCUT2D eigenvalue weighted by molar-refractivity contribution is 0.666. The van der Waals surface area contributed by atoms with Crippen LogP contribution in [0.5, 0.6) is 0 Å². The zero-order valence-electron chi connectivity index (χ0n) is 16.0. The Morgan fingerprint density at radius 3 is 2.26 bits per heavy atom. The van der Waals surface area contributed by atoms with Gasteiger partial charge in [0.05, 0.1) is 0 Å². The van der Waals surface area contributed by atoms with E-state index in [1.807, 2.05) is 0 Å². The Kier molecular flexibility index (Phi) is 3.27. The topological polar surface area (TPSA) is 26.0 Å². The molecule has 1 aliphatic carbocycles. The summed E-state index contributed by atoms with van der Waals surface area (Å²) in [5.74, 6) is 0. The number of rotatable bonds is 1. The second-order valence-corrected chi connectivity index (χ2v) is 8.13. The molecular formula is C26H23N. The number of fused-ring (bicyclic) bond motifs is 5. The minimum absolute atomic E-state index is 0.0656. The molecule has 27 heavy (non-hydrogen) atoms. The first-order valence-electron chi connectivity index (χ1n) is 9.51. The SMILES string of the molecule is Cc1ccccc1-c1cc2c(cc1N)C(C)(C)c1c-2ccc2ccccc12. The van der Waals surface area contributed by atoms with Crippen LogP contribution in [-0.4, -0.2) is 0 Å². The Labute approximate surface area is 160 Å². The third-order valence-corrected chi connectivity index (χ3v) is 6.14. The maximum Gasteiger partial charge on any atom is 0.0397 e. The first kappa shape index (κ1) is 16.1. The predicted molar refractivity (Wildman–Crippen MR) is 116 cm³/mol. The van der Waals surface area contributed by atoms with Gasteiger partial charge < -0.3 is 5.73 Å². The molecule has 1 heteroatoms. The smallest absolute Gasteiger partial charge is 0.0397 e. The van der Waals surface area contributed by atoms with Crippen LogP contribution in [-0.2, 0) is 5.41 Å². The van der Waals surface area contributed by atoms with E-state index in [9.17, 15) is 0 Å². The van der Waals surface area contributed by atoms with E-state index >= 15 is 0 Å². The van der Waals surface area contributed by atoms with Crippen molar-refractivity contribution in [3.63, 3.8) is 0 Å². The molecule has 0 spiro atoms. The van der Waals surface area contributed by atoms with Crippen molar-refractivity contribution in [2.45, 2.75) is 26.2 Å². The normalized spacial score (nSPS) is 14.2. The lowest BCUT2D eigenvalue weighted by Gasteiger charge is -2.24. The van der Waals surface area contributed by atoms with Gasteiger partial charge in [-0.05, 0) is 63.2 Å². The van der Waals surface area contributed by atoms with Crippen LogP contribution in [0.25, 0.3) is 33.0 Å². The molecule has 0 saturated heterocycles. The van der Waals surface area contributed by atoms with E-state index in [1.165, 1.54) is 44.2 Å². The summed E-state index contributed by atoms with van der Waals surface area (Å²) in [6.45, 7) is 6.78. The van der Waals surface area contributed by atoms with Crippen molar-refractivity contribution in [2.24, 2.45) is 0 Å². The van der Waals surface area contributed by atoms with Gasteiger partial charge in [0, 0.05) is 16.7 Å². The standard InChI is InChI=1S/C26H23N/c1-16-8-4-6-10-18(16)22-14-21-20-13-12-17-9-5-7-11-19(17)25(20)26(2,3)23(21)15-24(22)27/h4-15H,27H2,1-3H3. The van der Waals surface area contributed by atoms with Gasteiger partial charge >= 0.3 is 0 Å². The van der Waals surface area contributed by atoms with E-state index in [-0.39, 0.29) is 5.41 Å². The summed E-state index contributed by atoms with van der Waals surface area (Å²) in [6.07, 6.45) is 0. The van der Waals surface area contributed by atoms with E-state index in [0.717, 1.165) is 11.3 Å². The fourth-order valence-electron chi connectivity index (χ4n) is 4.77. The first-order chi connectivity index (χ1) is 13.0. The van der Waals surface area contributed by atoms with Gasteiger partial charge in [-0.25, -0.2) is 0 Å². The molecule has 2 N–H and O–H groups in total. The van der Waals surface area contributed by atoms with Crippen molar-refractivity contribution < 1.29 is 0 Å². The number of aryl methyl sites for hydroxylation is 1. The minimum atomic E-state index is -0.0656. The molecule has 0 atom stereocenters. The second kappa shape index (κ2) is 5.47. The fourth-order valence-corrected chi connectivity index (χ4v) is 4.77. The number of nitrogen functional groups attached to an aromatic ring is 1. The summed E-state index contributed by atoms with van der Waals surface area (Å²) >= 11 is 0. The summed E-state index contributed by atoms with van der Waals surface area (Å²) in [5.41, 5.74) is 16.3. The van der Waals surface area contributed by atoms with Crippen molar-refractivity contribution in [3.05, 3.63) is 89.5 Å². The molecule has 0 unspecified atom stereocenters. The zero-order chi connectivity index (χ0) is 18.8. The molecule has 5 rings (SSSR count). The number of anilines is 1. The van der Waals surface area contributed by atoms with Crippen molar-refractivity contribution in [2.75, 3.05) is 5.73 Å². The Bertz CT molecular complexity index is 1210. The van der Waals surface area contributed by atoms with Crippen LogP contribution in [0.3, 0.4) is 0 Å². The average Bonchev–Trinajstić information content (AvgIpc) is 2.89. The lowest BCUT2D eigenvalue weighted by atomic mass is 9.80. The molecule has 0 fully saturated rings. The van der Waals surface area contributed by atoms with Gasteiger partial charge in [-0.2, -0.15) is 0 Å². The molecule has 0 aromatic heterocycles. The highest BCUT2D eigenvalue weighted by atomic mass is 14.6. The van der Waals surface area contributed by atoms with E-state index in [4.69, 9.17) is 5.73 Å². The lowest BCUT2D eigenvalue weighted by Crippen LogP contribution is -2.16. The second-order valence-electron chi connectivity index (χ2n) is 8.13. The van der Waals surface area contributed by atoms with Gasteiger partial charge in [0.1, 0.15) is 0 Å². The molecule has 0 aliphatic heterocycles. The van der Waals surface area contributed by atoms with Crippen molar-refractivity contribution in [3.8, 4) is 22.3 Å². The molecule has 0 amide bonds. The van der Waals surface area contributed by atoms with Crippen molar-refractivity contribution in [1.29, 1.82) is 0 Å². The molecule has 132 valence electrons. The van der Waals surface area contributed by atoms with Crippen LogP contribution in [0.15, 0.2) is 72.8 Å². The van der Waals surface area contributed by atoms with E-state index in [2.05, 4.69) is 93.6 Å². The largest absolute Gasteiger partial charge is 0.398 e. The maximum absolute atomic E-state index is 6.56. The molecule has 4 aromatic carbocycles. The molecule has 1 nitrogen and oxygen atoms in total. The Balaban J connectivity index is 1.85. The van der Waals surface area contributed by atoms with Crippen LogP contribution in [0.1, 0.15) is 30.5 Å². The highest BCUT2D eigenvalue weighted by Crippen LogP contribution is 2.53. The summed E-state index contributed by atoms with van der Waals surface area (Å²) in [7, 11) is 0. The first-order valence-corrected chi connectivity index (χ1v) is 9.51. The van der Waals surface area contributed by atoms with Crippen LogP contribution < -0.4 is 5.73 Å². The van der Waals surface area contributed by atoms with E-state index in [0.29, 0.717) is 0 Å². The summed E-state index contributed by atoms with van der Waals surface area (Å²) in [6, 6.07) is 26.2. The van der Waals surface area contributed by atoms with E-state index in [1.54, 1.807) is 0 Å².